The minimum Gasteiger partial charge on any atom is -0.395 e. The molecule has 0 aliphatic heterocycles. The Bertz CT molecular complexity index is 405. The second-order valence-corrected chi connectivity index (χ2v) is 5.02. The molecule has 0 radical (unpaired) electrons. The molecule has 0 spiro atoms. The maximum atomic E-state index is 12.3. The molecule has 0 fully saturated rings. The third-order valence-corrected chi connectivity index (χ3v) is 3.52. The van der Waals surface area contributed by atoms with Crippen LogP contribution in [0.15, 0.2) is 24.3 Å². The summed E-state index contributed by atoms with van der Waals surface area (Å²) in [4.78, 5) is 14.1. The molecule has 106 valence electrons. The third-order valence-electron chi connectivity index (χ3n) is 3.29. The van der Waals surface area contributed by atoms with Gasteiger partial charge in [-0.25, -0.2) is 0 Å². The lowest BCUT2D eigenvalue weighted by molar-refractivity contribution is -0.133. The number of hydrogen-bond donors (Lipinski definition) is 1. The van der Waals surface area contributed by atoms with Crippen LogP contribution in [-0.2, 0) is 11.2 Å². The predicted molar refractivity (Wildman–Crippen MR) is 78.3 cm³/mol. The van der Waals surface area contributed by atoms with Crippen LogP contribution < -0.4 is 0 Å². The van der Waals surface area contributed by atoms with Crippen molar-refractivity contribution in [3.05, 3.63) is 34.9 Å². The number of aliphatic hydroxyl groups excluding tert-OH is 1. The zero-order chi connectivity index (χ0) is 14.3. The molecule has 0 saturated carbocycles. The van der Waals surface area contributed by atoms with E-state index in [1.165, 1.54) is 0 Å². The van der Waals surface area contributed by atoms with E-state index in [-0.39, 0.29) is 18.6 Å². The maximum absolute atomic E-state index is 12.3. The molecule has 1 aromatic rings. The Morgan fingerprint density at radius 1 is 1.37 bits per heavy atom. The van der Waals surface area contributed by atoms with Crippen LogP contribution in [0.5, 0.6) is 0 Å². The molecular weight excluding hydrogens is 262 g/mol. The normalized spacial score (nSPS) is 10.8. The third kappa shape index (κ3) is 4.84. The van der Waals surface area contributed by atoms with Crippen LogP contribution in [0.3, 0.4) is 0 Å². The first kappa shape index (κ1) is 16.0. The summed E-state index contributed by atoms with van der Waals surface area (Å²) in [5.74, 6) is 0.0463. The van der Waals surface area contributed by atoms with Crippen LogP contribution in [0.4, 0.5) is 0 Å². The lowest BCUT2D eigenvalue weighted by atomic mass is 10.1. The number of amides is 1. The molecule has 1 aromatic carbocycles. The van der Waals surface area contributed by atoms with Crippen LogP contribution >= 0.6 is 11.6 Å². The van der Waals surface area contributed by atoms with Gasteiger partial charge in [-0.3, -0.25) is 4.79 Å². The van der Waals surface area contributed by atoms with Crippen molar-refractivity contribution in [2.45, 2.75) is 39.2 Å². The van der Waals surface area contributed by atoms with E-state index in [1.807, 2.05) is 18.2 Å². The van der Waals surface area contributed by atoms with Crippen LogP contribution in [0.1, 0.15) is 32.3 Å². The molecule has 0 aliphatic rings. The number of benzene rings is 1. The molecular formula is C15H22ClNO2. The standard InChI is InChI=1S/C15H22ClNO2/c1-3-14(4-2)17(8-9-18)15(19)11-12-6-5-7-13(16)10-12/h5-7,10,14,18H,3-4,8-9,11H2,1-2H3. The number of rotatable bonds is 7. The predicted octanol–water partition coefficient (Wildman–Crippen LogP) is 2.89. The molecule has 3 nitrogen and oxygen atoms in total. The first-order valence-corrected chi connectivity index (χ1v) is 7.14. The first-order valence-electron chi connectivity index (χ1n) is 6.77. The molecule has 0 aliphatic carbocycles. The maximum Gasteiger partial charge on any atom is 0.227 e. The Morgan fingerprint density at radius 3 is 2.58 bits per heavy atom. The highest BCUT2D eigenvalue weighted by atomic mass is 35.5. The van der Waals surface area contributed by atoms with E-state index in [0.29, 0.717) is 18.0 Å². The highest BCUT2D eigenvalue weighted by molar-refractivity contribution is 6.30. The van der Waals surface area contributed by atoms with Crippen molar-refractivity contribution in [2.24, 2.45) is 0 Å². The molecule has 0 aromatic heterocycles. The van der Waals surface area contributed by atoms with Crippen LogP contribution in [0, 0.1) is 0 Å². The van der Waals surface area contributed by atoms with Crippen molar-refractivity contribution >= 4 is 17.5 Å². The number of hydrogen-bond acceptors (Lipinski definition) is 2. The zero-order valence-corrected chi connectivity index (χ0v) is 12.4. The molecule has 4 heteroatoms. The van der Waals surface area contributed by atoms with Crippen LogP contribution in [-0.4, -0.2) is 35.1 Å². The second kappa shape index (κ2) is 8.18. The van der Waals surface area contributed by atoms with E-state index < -0.39 is 0 Å². The van der Waals surface area contributed by atoms with Gasteiger partial charge >= 0.3 is 0 Å². The van der Waals surface area contributed by atoms with E-state index in [9.17, 15) is 4.79 Å². The van der Waals surface area contributed by atoms with Crippen molar-refractivity contribution in [3.63, 3.8) is 0 Å². The first-order chi connectivity index (χ1) is 9.12. The summed E-state index contributed by atoms with van der Waals surface area (Å²) >= 11 is 5.92. The fraction of sp³-hybridized carbons (Fsp3) is 0.533. The Labute approximate surface area is 120 Å². The molecule has 1 amide bonds. The fourth-order valence-electron chi connectivity index (χ4n) is 2.27. The van der Waals surface area contributed by atoms with E-state index in [4.69, 9.17) is 16.7 Å². The lowest BCUT2D eigenvalue weighted by Gasteiger charge is -2.30. The molecule has 19 heavy (non-hydrogen) atoms. The van der Waals surface area contributed by atoms with Gasteiger partial charge in [-0.15, -0.1) is 0 Å². The lowest BCUT2D eigenvalue weighted by Crippen LogP contribution is -2.42. The average molecular weight is 284 g/mol. The molecule has 1 rings (SSSR count). The van der Waals surface area contributed by atoms with Crippen molar-refractivity contribution in [1.82, 2.24) is 4.90 Å². The minimum atomic E-state index is -0.00220. The topological polar surface area (TPSA) is 40.5 Å². The number of carbonyl (C=O) groups excluding carboxylic acids is 1. The molecule has 0 bridgehead atoms. The summed E-state index contributed by atoms with van der Waals surface area (Å²) in [5, 5.41) is 9.76. The molecule has 0 heterocycles. The summed E-state index contributed by atoms with van der Waals surface area (Å²) in [7, 11) is 0. The van der Waals surface area contributed by atoms with Gasteiger partial charge in [0.15, 0.2) is 0 Å². The van der Waals surface area contributed by atoms with Crippen LogP contribution in [0.25, 0.3) is 0 Å². The number of aliphatic hydroxyl groups is 1. The Kier molecular flexibility index (Phi) is 6.89. The van der Waals surface area contributed by atoms with Gasteiger partial charge in [0.2, 0.25) is 5.91 Å². The van der Waals surface area contributed by atoms with E-state index in [2.05, 4.69) is 13.8 Å². The van der Waals surface area contributed by atoms with E-state index >= 15 is 0 Å². The van der Waals surface area contributed by atoms with E-state index in [0.717, 1.165) is 18.4 Å². The highest BCUT2D eigenvalue weighted by Crippen LogP contribution is 2.14. The Balaban J connectivity index is 2.76. The molecule has 0 atom stereocenters. The monoisotopic (exact) mass is 283 g/mol. The van der Waals surface area contributed by atoms with Gasteiger partial charge in [0, 0.05) is 17.6 Å². The fourth-order valence-corrected chi connectivity index (χ4v) is 2.48. The summed E-state index contributed by atoms with van der Waals surface area (Å²) in [6, 6.07) is 7.54. The van der Waals surface area contributed by atoms with Gasteiger partial charge in [0.1, 0.15) is 0 Å². The molecule has 0 unspecified atom stereocenters. The van der Waals surface area contributed by atoms with Gasteiger partial charge in [-0.2, -0.15) is 0 Å². The van der Waals surface area contributed by atoms with Crippen LogP contribution in [0.2, 0.25) is 5.02 Å². The van der Waals surface area contributed by atoms with Crippen molar-refractivity contribution < 1.29 is 9.90 Å². The second-order valence-electron chi connectivity index (χ2n) is 4.59. The van der Waals surface area contributed by atoms with Crippen molar-refractivity contribution in [3.8, 4) is 0 Å². The van der Waals surface area contributed by atoms with Gasteiger partial charge in [0.25, 0.3) is 0 Å². The van der Waals surface area contributed by atoms with E-state index in [1.54, 1.807) is 11.0 Å². The van der Waals surface area contributed by atoms with Gasteiger partial charge in [-0.1, -0.05) is 37.6 Å². The summed E-state index contributed by atoms with van der Waals surface area (Å²) in [6.45, 7) is 4.51. The smallest absolute Gasteiger partial charge is 0.227 e. The molecule has 1 N–H and O–H groups in total. The Morgan fingerprint density at radius 2 is 2.05 bits per heavy atom. The summed E-state index contributed by atoms with van der Waals surface area (Å²) < 4.78 is 0. The van der Waals surface area contributed by atoms with Gasteiger partial charge in [-0.05, 0) is 30.5 Å². The Hall–Kier alpha value is -1.06. The SMILES string of the molecule is CCC(CC)N(CCO)C(=O)Cc1cccc(Cl)c1. The van der Waals surface area contributed by atoms with Crippen molar-refractivity contribution in [1.29, 1.82) is 0 Å². The van der Waals surface area contributed by atoms with Gasteiger partial charge in [0.05, 0.1) is 13.0 Å². The average Bonchev–Trinajstić information content (AvgIpc) is 2.39. The number of carbonyl (C=O) groups is 1. The number of nitrogens with zero attached hydrogens (tertiary/aromatic N) is 1. The number of halogens is 1. The largest absolute Gasteiger partial charge is 0.395 e. The zero-order valence-electron chi connectivity index (χ0n) is 11.6. The quantitative estimate of drug-likeness (QED) is 0.836. The van der Waals surface area contributed by atoms with Crippen molar-refractivity contribution in [2.75, 3.05) is 13.2 Å². The highest BCUT2D eigenvalue weighted by Gasteiger charge is 2.20. The summed E-state index contributed by atoms with van der Waals surface area (Å²) in [6.07, 6.45) is 2.13. The summed E-state index contributed by atoms with van der Waals surface area (Å²) in [5.41, 5.74) is 0.909. The minimum absolute atomic E-state index is 0.00220. The molecule has 0 saturated heterocycles. The van der Waals surface area contributed by atoms with Gasteiger partial charge < -0.3 is 10.0 Å².